The van der Waals surface area contributed by atoms with E-state index in [-0.39, 0.29) is 5.84 Å². The fraction of sp³-hybridized carbons (Fsp3) is 0.154. The summed E-state index contributed by atoms with van der Waals surface area (Å²) in [5.41, 5.74) is 6.21. The van der Waals surface area contributed by atoms with Crippen LogP contribution in [0.3, 0.4) is 0 Å². The zero-order valence-corrected chi connectivity index (χ0v) is 26.3. The molecular weight excluding hydrogens is 569 g/mol. The summed E-state index contributed by atoms with van der Waals surface area (Å²) in [6.07, 6.45) is 1.80. The van der Waals surface area contributed by atoms with Crippen LogP contribution in [0, 0.1) is 5.41 Å². The highest BCUT2D eigenvalue weighted by Crippen LogP contribution is 2.37. The van der Waals surface area contributed by atoms with Crippen molar-refractivity contribution in [3.63, 3.8) is 0 Å². The van der Waals surface area contributed by atoms with Crippen molar-refractivity contribution in [1.82, 2.24) is 0 Å². The van der Waals surface area contributed by atoms with Crippen molar-refractivity contribution in [1.29, 1.82) is 5.41 Å². The number of hydrogen-bond donors (Lipinski definition) is 1. The summed E-state index contributed by atoms with van der Waals surface area (Å²) >= 11 is 0. The van der Waals surface area contributed by atoms with Crippen molar-refractivity contribution >= 4 is 52.4 Å². The van der Waals surface area contributed by atoms with Gasteiger partial charge in [0.15, 0.2) is 11.7 Å². The fourth-order valence-corrected chi connectivity index (χ4v) is 5.61. The quantitative estimate of drug-likeness (QED) is 0.122. The van der Waals surface area contributed by atoms with Crippen LogP contribution in [0.15, 0.2) is 136 Å². The van der Waals surface area contributed by atoms with Crippen LogP contribution in [-0.4, -0.2) is 36.2 Å². The molecule has 1 aliphatic rings. The van der Waals surface area contributed by atoms with Gasteiger partial charge in [-0.25, -0.2) is 9.98 Å². The second-order valence-electron chi connectivity index (χ2n) is 12.5. The molecule has 0 unspecified atom stereocenters. The van der Waals surface area contributed by atoms with Gasteiger partial charge in [-0.1, -0.05) is 109 Å². The zero-order chi connectivity index (χ0) is 31.9. The molecule has 6 nitrogen and oxygen atoms in total. The van der Waals surface area contributed by atoms with Gasteiger partial charge in [-0.05, 0) is 56.4 Å². The van der Waals surface area contributed by atoms with Crippen LogP contribution in [0.25, 0.3) is 33.1 Å². The third-order valence-electron chi connectivity index (χ3n) is 8.92. The predicted molar refractivity (Wildman–Crippen MR) is 189 cm³/mol. The minimum Gasteiger partial charge on any atom is -0.456 e. The third kappa shape index (κ3) is 5.60. The Balaban J connectivity index is 1.24. The molecular formula is C39H34BN3O3. The minimum absolute atomic E-state index is 0.134. The van der Waals surface area contributed by atoms with E-state index in [0.717, 1.165) is 49.7 Å². The molecule has 7 heteroatoms. The highest BCUT2D eigenvalue weighted by atomic mass is 16.7. The maximum atomic E-state index is 8.84. The normalized spacial score (nSPS) is 16.1. The first kappa shape index (κ1) is 29.6. The first-order chi connectivity index (χ1) is 22.2. The van der Waals surface area contributed by atoms with Crippen molar-refractivity contribution in [3.8, 4) is 11.1 Å². The van der Waals surface area contributed by atoms with E-state index in [4.69, 9.17) is 29.1 Å². The summed E-state index contributed by atoms with van der Waals surface area (Å²) < 4.78 is 18.9. The number of nitrogens with zero attached hydrogens (tertiary/aromatic N) is 2. The molecule has 0 saturated carbocycles. The molecule has 1 aromatic heterocycles. The Bertz CT molecular complexity index is 2100. The lowest BCUT2D eigenvalue weighted by Gasteiger charge is -2.32. The molecule has 46 heavy (non-hydrogen) atoms. The van der Waals surface area contributed by atoms with E-state index >= 15 is 0 Å². The van der Waals surface area contributed by atoms with Crippen LogP contribution < -0.4 is 5.46 Å². The van der Waals surface area contributed by atoms with E-state index in [1.54, 1.807) is 6.21 Å². The van der Waals surface area contributed by atoms with Crippen LogP contribution in [0.5, 0.6) is 0 Å². The Morgan fingerprint density at radius 3 is 2.02 bits per heavy atom. The molecule has 1 fully saturated rings. The van der Waals surface area contributed by atoms with Crippen molar-refractivity contribution < 1.29 is 13.7 Å². The van der Waals surface area contributed by atoms with Crippen LogP contribution in [0.2, 0.25) is 0 Å². The fourth-order valence-electron chi connectivity index (χ4n) is 5.61. The SMILES string of the molecule is CC1(C)OB(c2ccc3oc4cccc(/C=N/C(=N\C(=N)c5ccc(-c6ccccc6)cc5)c5ccccc5)c4c3c2)OC1(C)C. The number of fused-ring (bicyclic) bond motifs is 3. The smallest absolute Gasteiger partial charge is 0.456 e. The molecule has 0 atom stereocenters. The average molecular weight is 604 g/mol. The molecule has 226 valence electrons. The van der Waals surface area contributed by atoms with Gasteiger partial charge in [0, 0.05) is 33.7 Å². The summed E-state index contributed by atoms with van der Waals surface area (Å²) in [7, 11) is -0.482. The van der Waals surface area contributed by atoms with E-state index in [1.165, 1.54) is 0 Å². The summed E-state index contributed by atoms with van der Waals surface area (Å²) in [6.45, 7) is 8.22. The third-order valence-corrected chi connectivity index (χ3v) is 8.92. The number of nitrogens with one attached hydrogen (secondary N) is 1. The van der Waals surface area contributed by atoms with Gasteiger partial charge in [0.25, 0.3) is 0 Å². The Kier molecular flexibility index (Phi) is 7.51. The summed E-state index contributed by atoms with van der Waals surface area (Å²) in [6, 6.07) is 39.8. The monoisotopic (exact) mass is 603 g/mol. The van der Waals surface area contributed by atoms with E-state index in [0.29, 0.717) is 11.4 Å². The van der Waals surface area contributed by atoms with Crippen molar-refractivity contribution in [2.75, 3.05) is 0 Å². The van der Waals surface area contributed by atoms with E-state index in [2.05, 4.69) is 45.9 Å². The highest BCUT2D eigenvalue weighted by molar-refractivity contribution is 6.62. The maximum absolute atomic E-state index is 8.84. The van der Waals surface area contributed by atoms with Crippen molar-refractivity contribution in [2.24, 2.45) is 9.98 Å². The molecule has 0 spiro atoms. The van der Waals surface area contributed by atoms with Crippen LogP contribution in [0.4, 0.5) is 0 Å². The van der Waals surface area contributed by atoms with Gasteiger partial charge in [-0.15, -0.1) is 0 Å². The molecule has 1 aliphatic heterocycles. The van der Waals surface area contributed by atoms with E-state index in [9.17, 15) is 0 Å². The Hall–Kier alpha value is -5.11. The summed E-state index contributed by atoms with van der Waals surface area (Å²) in [5.74, 6) is 0.579. The second kappa shape index (κ2) is 11.7. The van der Waals surface area contributed by atoms with Gasteiger partial charge in [-0.2, -0.15) is 0 Å². The molecule has 2 heterocycles. The summed E-state index contributed by atoms with van der Waals surface area (Å²) in [4.78, 5) is 9.57. The lowest BCUT2D eigenvalue weighted by molar-refractivity contribution is 0.00578. The molecule has 1 N–H and O–H groups in total. The van der Waals surface area contributed by atoms with Crippen LogP contribution in [-0.2, 0) is 9.31 Å². The maximum Gasteiger partial charge on any atom is 0.494 e. The molecule has 0 radical (unpaired) electrons. The number of furan rings is 1. The topological polar surface area (TPSA) is 80.2 Å². The predicted octanol–water partition coefficient (Wildman–Crippen LogP) is 8.44. The largest absolute Gasteiger partial charge is 0.494 e. The highest BCUT2D eigenvalue weighted by Gasteiger charge is 2.51. The first-order valence-electron chi connectivity index (χ1n) is 15.4. The molecule has 0 bridgehead atoms. The van der Waals surface area contributed by atoms with Gasteiger partial charge in [0.2, 0.25) is 0 Å². The first-order valence-corrected chi connectivity index (χ1v) is 15.4. The Morgan fingerprint density at radius 1 is 0.674 bits per heavy atom. The molecule has 0 aliphatic carbocycles. The van der Waals surface area contributed by atoms with Crippen molar-refractivity contribution in [3.05, 3.63) is 138 Å². The molecule has 0 amide bonds. The van der Waals surface area contributed by atoms with Crippen molar-refractivity contribution in [2.45, 2.75) is 38.9 Å². The summed E-state index contributed by atoms with van der Waals surface area (Å²) in [5, 5.41) is 10.7. The molecule has 5 aromatic carbocycles. The number of amidine groups is 2. The number of aliphatic imine (C=N–C) groups is 2. The molecule has 6 aromatic rings. The Morgan fingerprint density at radius 2 is 1.33 bits per heavy atom. The molecule has 7 rings (SSSR count). The number of rotatable bonds is 5. The van der Waals surface area contributed by atoms with E-state index in [1.807, 2.05) is 103 Å². The second-order valence-corrected chi connectivity index (χ2v) is 12.5. The average Bonchev–Trinajstić information content (AvgIpc) is 3.55. The minimum atomic E-state index is -0.482. The lowest BCUT2D eigenvalue weighted by Crippen LogP contribution is -2.41. The van der Waals surface area contributed by atoms with Crippen LogP contribution in [0.1, 0.15) is 44.4 Å². The van der Waals surface area contributed by atoms with E-state index < -0.39 is 18.3 Å². The molecule has 1 saturated heterocycles. The standard InChI is InChI=1S/C39H34BN3O3/c1-38(2)39(3,4)46-40(45-38)31-22-23-33-32(24-31)35-30(16-11-17-34(35)44-33)25-42-37(29-14-9-6-10-15-29)43-36(41)28-20-18-27(19-21-28)26-12-7-5-8-13-26/h5-25,41H,1-4H3/b41-36?,42-25+,43-37-. The van der Waals surface area contributed by atoms with Gasteiger partial charge < -0.3 is 13.7 Å². The van der Waals surface area contributed by atoms with Gasteiger partial charge in [-0.3, -0.25) is 5.41 Å². The van der Waals surface area contributed by atoms with Crippen LogP contribution >= 0.6 is 0 Å². The zero-order valence-electron chi connectivity index (χ0n) is 26.3. The number of benzene rings is 5. The number of hydrogen-bond acceptors (Lipinski definition) is 4. The Labute approximate surface area is 269 Å². The van der Waals surface area contributed by atoms with Gasteiger partial charge in [0.1, 0.15) is 11.2 Å². The van der Waals surface area contributed by atoms with Gasteiger partial charge in [0.05, 0.1) is 11.2 Å². The van der Waals surface area contributed by atoms with Gasteiger partial charge >= 0.3 is 7.12 Å². The lowest BCUT2D eigenvalue weighted by atomic mass is 9.78.